The fourth-order valence-corrected chi connectivity index (χ4v) is 1.94. The molecule has 2 rings (SSSR count). The van der Waals surface area contributed by atoms with E-state index in [2.05, 4.69) is 0 Å². The SMILES string of the molecule is COC(=O)C(CC1CC1)c1cccc(O)c1. The first kappa shape index (κ1) is 11.0. The van der Waals surface area contributed by atoms with Gasteiger partial charge in [0.05, 0.1) is 13.0 Å². The van der Waals surface area contributed by atoms with Crippen molar-refractivity contribution in [2.75, 3.05) is 7.11 Å². The topological polar surface area (TPSA) is 46.5 Å². The van der Waals surface area contributed by atoms with Gasteiger partial charge >= 0.3 is 5.97 Å². The fraction of sp³-hybridized carbons (Fsp3) is 0.462. The zero-order chi connectivity index (χ0) is 11.5. The molecule has 86 valence electrons. The summed E-state index contributed by atoms with van der Waals surface area (Å²) in [5.74, 6) is 0.399. The van der Waals surface area contributed by atoms with Gasteiger partial charge in [-0.25, -0.2) is 0 Å². The Morgan fingerprint density at radius 3 is 2.88 bits per heavy atom. The number of methoxy groups -OCH3 is 1. The van der Waals surface area contributed by atoms with Gasteiger partial charge in [0.1, 0.15) is 5.75 Å². The van der Waals surface area contributed by atoms with Crippen LogP contribution in [0.15, 0.2) is 24.3 Å². The minimum Gasteiger partial charge on any atom is -0.508 e. The Bertz CT molecular complexity index is 383. The van der Waals surface area contributed by atoms with Gasteiger partial charge in [-0.2, -0.15) is 0 Å². The van der Waals surface area contributed by atoms with Crippen molar-refractivity contribution in [3.63, 3.8) is 0 Å². The van der Waals surface area contributed by atoms with Crippen molar-refractivity contribution in [3.8, 4) is 5.75 Å². The number of benzene rings is 1. The van der Waals surface area contributed by atoms with E-state index in [0.717, 1.165) is 12.0 Å². The standard InChI is InChI=1S/C13H16O3/c1-16-13(15)12(7-9-5-6-9)10-3-2-4-11(14)8-10/h2-4,8-9,12,14H,5-7H2,1H3. The molecule has 0 saturated heterocycles. The molecule has 1 aromatic carbocycles. The number of hydrogen-bond acceptors (Lipinski definition) is 3. The lowest BCUT2D eigenvalue weighted by molar-refractivity contribution is -0.142. The van der Waals surface area contributed by atoms with Crippen LogP contribution in [0.4, 0.5) is 0 Å². The van der Waals surface area contributed by atoms with Gasteiger partial charge in [-0.1, -0.05) is 25.0 Å². The van der Waals surface area contributed by atoms with Gasteiger partial charge in [0, 0.05) is 0 Å². The summed E-state index contributed by atoms with van der Waals surface area (Å²) in [7, 11) is 1.41. The summed E-state index contributed by atoms with van der Waals surface area (Å²) in [6.07, 6.45) is 3.23. The number of carbonyl (C=O) groups is 1. The molecule has 1 N–H and O–H groups in total. The Balaban J connectivity index is 2.19. The smallest absolute Gasteiger partial charge is 0.313 e. The average molecular weight is 220 g/mol. The van der Waals surface area contributed by atoms with E-state index < -0.39 is 0 Å². The Labute approximate surface area is 95.0 Å². The van der Waals surface area contributed by atoms with E-state index in [0.29, 0.717) is 5.92 Å². The van der Waals surface area contributed by atoms with Crippen LogP contribution in [0.5, 0.6) is 5.75 Å². The van der Waals surface area contributed by atoms with Crippen LogP contribution in [-0.2, 0) is 9.53 Å². The highest BCUT2D eigenvalue weighted by atomic mass is 16.5. The van der Waals surface area contributed by atoms with E-state index in [-0.39, 0.29) is 17.6 Å². The molecule has 3 nitrogen and oxygen atoms in total. The zero-order valence-electron chi connectivity index (χ0n) is 9.35. The van der Waals surface area contributed by atoms with Gasteiger partial charge in [-0.3, -0.25) is 4.79 Å². The summed E-state index contributed by atoms with van der Waals surface area (Å²) < 4.78 is 4.81. The first-order valence-electron chi connectivity index (χ1n) is 5.57. The molecule has 0 aliphatic heterocycles. The molecule has 3 heteroatoms. The molecule has 0 aromatic heterocycles. The van der Waals surface area contributed by atoms with Crippen LogP contribution in [0.3, 0.4) is 0 Å². The third-order valence-electron chi connectivity index (χ3n) is 3.02. The molecular weight excluding hydrogens is 204 g/mol. The highest BCUT2D eigenvalue weighted by molar-refractivity contribution is 5.78. The van der Waals surface area contributed by atoms with Crippen LogP contribution in [-0.4, -0.2) is 18.2 Å². The van der Waals surface area contributed by atoms with Gasteiger partial charge < -0.3 is 9.84 Å². The van der Waals surface area contributed by atoms with Crippen LogP contribution in [0, 0.1) is 5.92 Å². The maximum absolute atomic E-state index is 11.7. The van der Waals surface area contributed by atoms with Crippen molar-refractivity contribution in [1.29, 1.82) is 0 Å². The van der Waals surface area contributed by atoms with E-state index in [1.807, 2.05) is 6.07 Å². The molecule has 1 aromatic rings. The van der Waals surface area contributed by atoms with Crippen LogP contribution in [0.1, 0.15) is 30.7 Å². The number of aromatic hydroxyl groups is 1. The van der Waals surface area contributed by atoms with E-state index in [9.17, 15) is 9.90 Å². The molecule has 16 heavy (non-hydrogen) atoms. The Morgan fingerprint density at radius 1 is 1.56 bits per heavy atom. The number of phenolic OH excluding ortho intramolecular Hbond substituents is 1. The third kappa shape index (κ3) is 2.54. The maximum Gasteiger partial charge on any atom is 0.313 e. The average Bonchev–Trinajstić information content (AvgIpc) is 3.08. The second-order valence-corrected chi connectivity index (χ2v) is 4.35. The maximum atomic E-state index is 11.7. The van der Waals surface area contributed by atoms with Crippen molar-refractivity contribution in [1.82, 2.24) is 0 Å². The van der Waals surface area contributed by atoms with Crippen molar-refractivity contribution in [3.05, 3.63) is 29.8 Å². The highest BCUT2D eigenvalue weighted by Gasteiger charge is 2.31. The van der Waals surface area contributed by atoms with Crippen molar-refractivity contribution in [2.45, 2.75) is 25.2 Å². The predicted octanol–water partition coefficient (Wildman–Crippen LogP) is 2.45. The minimum absolute atomic E-state index is 0.196. The molecular formula is C13H16O3. The summed E-state index contributed by atoms with van der Waals surface area (Å²) in [4.78, 5) is 11.7. The third-order valence-corrected chi connectivity index (χ3v) is 3.02. The summed E-state index contributed by atoms with van der Waals surface area (Å²) >= 11 is 0. The lowest BCUT2D eigenvalue weighted by Crippen LogP contribution is -2.15. The predicted molar refractivity (Wildman–Crippen MR) is 60.2 cm³/mol. The van der Waals surface area contributed by atoms with Crippen LogP contribution in [0.2, 0.25) is 0 Å². The highest BCUT2D eigenvalue weighted by Crippen LogP contribution is 2.39. The summed E-state index contributed by atoms with van der Waals surface area (Å²) in [6.45, 7) is 0. The molecule has 0 radical (unpaired) electrons. The van der Waals surface area contributed by atoms with Crippen molar-refractivity contribution < 1.29 is 14.6 Å². The molecule has 0 amide bonds. The van der Waals surface area contributed by atoms with Crippen LogP contribution >= 0.6 is 0 Å². The molecule has 0 bridgehead atoms. The van der Waals surface area contributed by atoms with E-state index in [4.69, 9.17) is 4.74 Å². The summed E-state index contributed by atoms with van der Waals surface area (Å²) in [6, 6.07) is 6.87. The first-order chi connectivity index (χ1) is 7.70. The largest absolute Gasteiger partial charge is 0.508 e. The van der Waals surface area contributed by atoms with Crippen molar-refractivity contribution in [2.24, 2.45) is 5.92 Å². The number of carbonyl (C=O) groups excluding carboxylic acids is 1. The van der Waals surface area contributed by atoms with E-state index in [1.165, 1.54) is 20.0 Å². The number of rotatable bonds is 4. The number of hydrogen-bond donors (Lipinski definition) is 1. The Kier molecular flexibility index (Phi) is 3.13. The van der Waals surface area contributed by atoms with Crippen molar-refractivity contribution >= 4 is 5.97 Å². The monoisotopic (exact) mass is 220 g/mol. The molecule has 1 aliphatic rings. The van der Waals surface area contributed by atoms with E-state index >= 15 is 0 Å². The normalized spacial score (nSPS) is 16.8. The molecule has 1 aliphatic carbocycles. The lowest BCUT2D eigenvalue weighted by atomic mass is 9.93. The van der Waals surface area contributed by atoms with Gasteiger partial charge in [0.25, 0.3) is 0 Å². The quantitative estimate of drug-likeness (QED) is 0.793. The molecule has 1 fully saturated rings. The zero-order valence-corrected chi connectivity index (χ0v) is 9.35. The minimum atomic E-state index is -0.232. The van der Waals surface area contributed by atoms with Gasteiger partial charge in [-0.15, -0.1) is 0 Å². The summed E-state index contributed by atoms with van der Waals surface area (Å²) in [5.41, 5.74) is 0.846. The van der Waals surface area contributed by atoms with Gasteiger partial charge in [0.15, 0.2) is 0 Å². The molecule has 0 spiro atoms. The second-order valence-electron chi connectivity index (χ2n) is 4.35. The molecule has 1 atom stereocenters. The summed E-state index contributed by atoms with van der Waals surface area (Å²) in [5, 5.41) is 9.41. The second kappa shape index (κ2) is 4.56. The Morgan fingerprint density at radius 2 is 2.31 bits per heavy atom. The number of ether oxygens (including phenoxy) is 1. The van der Waals surface area contributed by atoms with Crippen LogP contribution in [0.25, 0.3) is 0 Å². The van der Waals surface area contributed by atoms with E-state index in [1.54, 1.807) is 18.2 Å². The molecule has 1 saturated carbocycles. The lowest BCUT2D eigenvalue weighted by Gasteiger charge is -2.14. The number of esters is 1. The van der Waals surface area contributed by atoms with Crippen LogP contribution < -0.4 is 0 Å². The fourth-order valence-electron chi connectivity index (χ4n) is 1.94. The van der Waals surface area contributed by atoms with Gasteiger partial charge in [-0.05, 0) is 30.0 Å². The number of phenols is 1. The first-order valence-corrected chi connectivity index (χ1v) is 5.57. The Hall–Kier alpha value is -1.51. The molecule has 0 heterocycles. The molecule has 1 unspecified atom stereocenters. The van der Waals surface area contributed by atoms with Gasteiger partial charge in [0.2, 0.25) is 0 Å².